The highest BCUT2D eigenvalue weighted by Gasteiger charge is 2.12. The van der Waals surface area contributed by atoms with Gasteiger partial charge >= 0.3 is 0 Å². The van der Waals surface area contributed by atoms with E-state index >= 15 is 0 Å². The van der Waals surface area contributed by atoms with Gasteiger partial charge in [0.25, 0.3) is 0 Å². The van der Waals surface area contributed by atoms with Gasteiger partial charge in [0.2, 0.25) is 5.91 Å². The summed E-state index contributed by atoms with van der Waals surface area (Å²) in [6.45, 7) is 3.96. The van der Waals surface area contributed by atoms with Crippen LogP contribution in [0.4, 0.5) is 0 Å². The van der Waals surface area contributed by atoms with Crippen LogP contribution in [0, 0.1) is 0 Å². The Morgan fingerprint density at radius 1 is 1.25 bits per heavy atom. The first-order chi connectivity index (χ1) is 7.39. The minimum Gasteiger partial charge on any atom is -0.370 e. The molecule has 0 aliphatic rings. The summed E-state index contributed by atoms with van der Waals surface area (Å²) in [5.74, 6) is -0.236. The van der Waals surface area contributed by atoms with Crippen LogP contribution in [0.1, 0.15) is 37.8 Å². The minimum absolute atomic E-state index is 0.236. The molecule has 4 N–H and O–H groups in total. The molecule has 1 rings (SSSR count). The molecule has 3 heteroatoms. The van der Waals surface area contributed by atoms with Crippen LogP contribution in [0.25, 0.3) is 0 Å². The number of nitrogens with two attached hydrogens (primary N) is 2. The summed E-state index contributed by atoms with van der Waals surface area (Å²) in [5, 5.41) is 0. The summed E-state index contributed by atoms with van der Waals surface area (Å²) in [7, 11) is 0. The van der Waals surface area contributed by atoms with Crippen LogP contribution >= 0.6 is 0 Å². The smallest absolute Gasteiger partial charge is 0.217 e. The Morgan fingerprint density at radius 3 is 2.25 bits per heavy atom. The Balaban J connectivity index is 2.55. The number of hydrogen-bond donors (Lipinski definition) is 2. The van der Waals surface area contributed by atoms with Crippen molar-refractivity contribution in [3.05, 3.63) is 35.4 Å². The Kier molecular flexibility index (Phi) is 4.07. The van der Waals surface area contributed by atoms with Gasteiger partial charge in [-0.15, -0.1) is 0 Å². The van der Waals surface area contributed by atoms with Gasteiger partial charge in [-0.05, 0) is 37.8 Å². The first-order valence-electron chi connectivity index (χ1n) is 5.56. The average molecular weight is 220 g/mol. The van der Waals surface area contributed by atoms with Crippen molar-refractivity contribution in [1.82, 2.24) is 0 Å². The normalized spacial score (nSPS) is 11.4. The Hall–Kier alpha value is -1.35. The summed E-state index contributed by atoms with van der Waals surface area (Å²) >= 11 is 0. The summed E-state index contributed by atoms with van der Waals surface area (Å²) in [6.07, 6.45) is 2.14. The van der Waals surface area contributed by atoms with Crippen molar-refractivity contribution in [3.63, 3.8) is 0 Å². The molecule has 0 spiro atoms. The van der Waals surface area contributed by atoms with Crippen LogP contribution in [-0.4, -0.2) is 5.91 Å². The second kappa shape index (κ2) is 5.12. The van der Waals surface area contributed by atoms with E-state index in [1.54, 1.807) is 0 Å². The predicted molar refractivity (Wildman–Crippen MR) is 65.8 cm³/mol. The molecule has 0 fully saturated rings. The number of aryl methyl sites for hydroxylation is 1. The minimum atomic E-state index is -0.300. The van der Waals surface area contributed by atoms with E-state index in [9.17, 15) is 4.79 Å². The first-order valence-corrected chi connectivity index (χ1v) is 5.56. The first kappa shape index (κ1) is 12.7. The molecular formula is C13H20N2O. The van der Waals surface area contributed by atoms with E-state index in [1.165, 1.54) is 5.56 Å². The fourth-order valence-corrected chi connectivity index (χ4v) is 1.57. The third-order valence-corrected chi connectivity index (χ3v) is 2.59. The van der Waals surface area contributed by atoms with Crippen LogP contribution in [0.15, 0.2) is 24.3 Å². The number of rotatable bonds is 5. The van der Waals surface area contributed by atoms with Crippen LogP contribution in [0.2, 0.25) is 0 Å². The molecule has 88 valence electrons. The number of benzene rings is 1. The number of primary amides is 1. The largest absolute Gasteiger partial charge is 0.370 e. The molecule has 0 saturated heterocycles. The molecule has 1 aromatic carbocycles. The number of carbonyl (C=O) groups excluding carboxylic acids is 1. The zero-order valence-electron chi connectivity index (χ0n) is 9.99. The van der Waals surface area contributed by atoms with E-state index < -0.39 is 0 Å². The van der Waals surface area contributed by atoms with E-state index in [-0.39, 0.29) is 11.4 Å². The van der Waals surface area contributed by atoms with Gasteiger partial charge in [0, 0.05) is 12.0 Å². The van der Waals surface area contributed by atoms with Crippen LogP contribution in [-0.2, 0) is 16.8 Å². The Labute approximate surface area is 96.8 Å². The molecule has 0 saturated carbocycles. The Morgan fingerprint density at radius 2 is 1.81 bits per heavy atom. The molecule has 1 aromatic rings. The molecule has 1 amide bonds. The van der Waals surface area contributed by atoms with Crippen molar-refractivity contribution in [2.45, 2.75) is 38.6 Å². The summed E-state index contributed by atoms with van der Waals surface area (Å²) in [5.41, 5.74) is 13.1. The number of hydrogen-bond acceptors (Lipinski definition) is 2. The molecule has 0 atom stereocenters. The van der Waals surface area contributed by atoms with Gasteiger partial charge in [0.1, 0.15) is 0 Å². The molecule has 0 aliphatic carbocycles. The second-order valence-electron chi connectivity index (χ2n) is 4.74. The van der Waals surface area contributed by atoms with Crippen LogP contribution in [0.5, 0.6) is 0 Å². The molecule has 0 aliphatic heterocycles. The van der Waals surface area contributed by atoms with E-state index in [1.807, 2.05) is 26.0 Å². The van der Waals surface area contributed by atoms with Crippen molar-refractivity contribution in [2.75, 3.05) is 0 Å². The lowest BCUT2D eigenvalue weighted by Gasteiger charge is -2.19. The SMILES string of the molecule is CC(C)(N)c1ccc(CCCC(N)=O)cc1. The molecule has 0 radical (unpaired) electrons. The second-order valence-corrected chi connectivity index (χ2v) is 4.74. The zero-order valence-corrected chi connectivity index (χ0v) is 9.99. The lowest BCUT2D eigenvalue weighted by atomic mass is 9.94. The summed E-state index contributed by atoms with van der Waals surface area (Å²) in [6, 6.07) is 8.20. The standard InChI is InChI=1S/C13H20N2O/c1-13(2,15)11-8-6-10(7-9-11)4-3-5-12(14)16/h6-9H,3-5,15H2,1-2H3,(H2,14,16). The quantitative estimate of drug-likeness (QED) is 0.792. The van der Waals surface area contributed by atoms with E-state index in [0.717, 1.165) is 18.4 Å². The molecule has 0 bridgehead atoms. The van der Waals surface area contributed by atoms with Crippen LogP contribution in [0.3, 0.4) is 0 Å². The van der Waals surface area contributed by atoms with E-state index in [4.69, 9.17) is 11.5 Å². The maximum absolute atomic E-state index is 10.6. The lowest BCUT2D eigenvalue weighted by Crippen LogP contribution is -2.28. The van der Waals surface area contributed by atoms with Gasteiger partial charge in [-0.1, -0.05) is 24.3 Å². The van der Waals surface area contributed by atoms with Crippen LogP contribution < -0.4 is 11.5 Å². The topological polar surface area (TPSA) is 69.1 Å². The summed E-state index contributed by atoms with van der Waals surface area (Å²) in [4.78, 5) is 10.6. The zero-order chi connectivity index (χ0) is 12.2. The third-order valence-electron chi connectivity index (χ3n) is 2.59. The molecule has 0 heterocycles. The van der Waals surface area contributed by atoms with E-state index in [2.05, 4.69) is 12.1 Å². The number of amides is 1. The monoisotopic (exact) mass is 220 g/mol. The lowest BCUT2D eigenvalue weighted by molar-refractivity contribution is -0.118. The van der Waals surface area contributed by atoms with Gasteiger partial charge in [0.05, 0.1) is 0 Å². The van der Waals surface area contributed by atoms with Gasteiger partial charge in [-0.25, -0.2) is 0 Å². The molecule has 3 nitrogen and oxygen atoms in total. The molecular weight excluding hydrogens is 200 g/mol. The number of carbonyl (C=O) groups is 1. The van der Waals surface area contributed by atoms with Crippen molar-refractivity contribution < 1.29 is 4.79 Å². The molecule has 0 aromatic heterocycles. The Bertz CT molecular complexity index is 349. The van der Waals surface area contributed by atoms with Crippen molar-refractivity contribution >= 4 is 5.91 Å². The highest BCUT2D eigenvalue weighted by Crippen LogP contribution is 2.17. The van der Waals surface area contributed by atoms with Crippen molar-refractivity contribution in [2.24, 2.45) is 11.5 Å². The van der Waals surface area contributed by atoms with Crippen molar-refractivity contribution in [3.8, 4) is 0 Å². The maximum atomic E-state index is 10.6. The molecule has 16 heavy (non-hydrogen) atoms. The highest BCUT2D eigenvalue weighted by atomic mass is 16.1. The fourth-order valence-electron chi connectivity index (χ4n) is 1.57. The predicted octanol–water partition coefficient (Wildman–Crippen LogP) is 1.69. The fraction of sp³-hybridized carbons (Fsp3) is 0.462. The average Bonchev–Trinajstić information content (AvgIpc) is 2.16. The molecule has 0 unspecified atom stereocenters. The third kappa shape index (κ3) is 4.03. The van der Waals surface area contributed by atoms with Gasteiger partial charge in [0.15, 0.2) is 0 Å². The van der Waals surface area contributed by atoms with E-state index in [0.29, 0.717) is 6.42 Å². The van der Waals surface area contributed by atoms with Gasteiger partial charge in [-0.3, -0.25) is 4.79 Å². The highest BCUT2D eigenvalue weighted by molar-refractivity contribution is 5.73. The van der Waals surface area contributed by atoms with Gasteiger partial charge in [-0.2, -0.15) is 0 Å². The van der Waals surface area contributed by atoms with Gasteiger partial charge < -0.3 is 11.5 Å². The maximum Gasteiger partial charge on any atom is 0.217 e. The summed E-state index contributed by atoms with van der Waals surface area (Å²) < 4.78 is 0. The van der Waals surface area contributed by atoms with Crippen molar-refractivity contribution in [1.29, 1.82) is 0 Å².